The first-order chi connectivity index (χ1) is 29.6. The summed E-state index contributed by atoms with van der Waals surface area (Å²) in [5.41, 5.74) is 5.53. The van der Waals surface area contributed by atoms with Crippen LogP contribution in [0.4, 0.5) is 0 Å². The number of hydrogen-bond donors (Lipinski definition) is 0. The lowest BCUT2D eigenvalue weighted by Gasteiger charge is -2.34. The number of rotatable bonds is 15. The van der Waals surface area contributed by atoms with E-state index >= 15 is 0 Å². The van der Waals surface area contributed by atoms with Crippen LogP contribution >= 0.6 is 0 Å². The summed E-state index contributed by atoms with van der Waals surface area (Å²) in [6.45, 7) is 7.41. The number of ether oxygens (including phenoxy) is 2. The van der Waals surface area contributed by atoms with Gasteiger partial charge in [0.25, 0.3) is 0 Å². The van der Waals surface area contributed by atoms with Crippen LogP contribution in [-0.4, -0.2) is 42.8 Å². The number of aryl methyl sites for hydroxylation is 2. The average molecular weight is 815 g/mol. The molecule has 0 radical (unpaired) electrons. The van der Waals surface area contributed by atoms with Gasteiger partial charge < -0.3 is 22.9 Å². The van der Waals surface area contributed by atoms with Crippen molar-refractivity contribution in [2.75, 3.05) is 7.11 Å². The predicted octanol–water partition coefficient (Wildman–Crippen LogP) is 9.14. The van der Waals surface area contributed by atoms with E-state index in [4.69, 9.17) is 38.7 Å². The second-order valence-electron chi connectivity index (χ2n) is 15.2. The zero-order valence-electron chi connectivity index (χ0n) is 34.7. The van der Waals surface area contributed by atoms with E-state index in [1.165, 1.54) is 0 Å². The number of carbonyl (C=O) groups excluding carboxylic acids is 1. The van der Waals surface area contributed by atoms with Crippen molar-refractivity contribution in [1.29, 1.82) is 0 Å². The van der Waals surface area contributed by atoms with Crippen molar-refractivity contribution in [3.63, 3.8) is 0 Å². The lowest BCUT2D eigenvalue weighted by Crippen LogP contribution is -2.39. The number of imidazole rings is 1. The average Bonchev–Trinajstić information content (AvgIpc) is 4.02. The fourth-order valence-electron chi connectivity index (χ4n) is 7.76. The number of aromatic nitrogens is 6. The summed E-state index contributed by atoms with van der Waals surface area (Å²) in [5.74, 6) is 0.113. The van der Waals surface area contributed by atoms with Crippen molar-refractivity contribution in [1.82, 2.24) is 29.8 Å². The molecule has 0 fully saturated rings. The lowest BCUT2D eigenvalue weighted by molar-refractivity contribution is 0.0124. The van der Waals surface area contributed by atoms with E-state index in [-0.39, 0.29) is 23.8 Å². The van der Waals surface area contributed by atoms with Crippen LogP contribution < -0.4 is 5.82 Å². The fourth-order valence-corrected chi connectivity index (χ4v) is 7.76. The number of tetrazole rings is 1. The molecule has 0 saturated carbocycles. The third kappa shape index (κ3) is 7.85. The Morgan fingerprint density at radius 2 is 1.33 bits per heavy atom. The Balaban J connectivity index is 1.15. The van der Waals surface area contributed by atoms with Gasteiger partial charge in [0.2, 0.25) is 5.82 Å². The molecule has 0 aliphatic carbocycles. The van der Waals surface area contributed by atoms with Gasteiger partial charge in [0.1, 0.15) is 17.1 Å². The minimum atomic E-state index is -0.910. The lowest BCUT2D eigenvalue weighted by atomic mass is 9.77. The molecule has 0 amide bonds. The molecule has 8 rings (SSSR count). The Morgan fingerprint density at radius 3 is 1.87 bits per heavy atom. The number of methoxy groups -OCH3 is 1. The smallest absolute Gasteiger partial charge is 0.453 e. The highest BCUT2D eigenvalue weighted by atomic mass is 16.6. The summed E-state index contributed by atoms with van der Waals surface area (Å²) in [7, 11) is 1.58. The van der Waals surface area contributed by atoms with Crippen LogP contribution in [0.1, 0.15) is 83.0 Å². The molecule has 12 nitrogen and oxygen atoms in total. The second-order valence-corrected chi connectivity index (χ2v) is 15.2. The number of hydrogen-bond acceptors (Lipinski definition) is 10. The van der Waals surface area contributed by atoms with Gasteiger partial charge in [0, 0.05) is 25.6 Å². The number of nitrogens with zero attached hydrogens (tertiary/aromatic N) is 6. The molecule has 0 N–H and O–H groups in total. The number of benzene rings is 5. The summed E-state index contributed by atoms with van der Waals surface area (Å²) in [5, 5.41) is 14.7. The first-order valence-corrected chi connectivity index (χ1v) is 20.2. The minimum Gasteiger partial charge on any atom is -0.453 e. The summed E-state index contributed by atoms with van der Waals surface area (Å²) in [6.07, 6.45) is 1.42. The number of esters is 1. The van der Waals surface area contributed by atoms with Gasteiger partial charge in [0.05, 0.1) is 0 Å². The SMILES string of the molecule is CCCc1nc(C(C)(C)OC)c(C(=O)OCc2oc(=O)oc2C)n1Cc1ccc(-c2ccccc2-c2nnn(C(c3ccccc3)(c3ccccc3)c3ccccc3)n2)cc1. The quantitative estimate of drug-likeness (QED) is 0.0727. The Bertz CT molecular complexity index is 2710. The van der Waals surface area contributed by atoms with E-state index in [9.17, 15) is 9.59 Å². The van der Waals surface area contributed by atoms with Gasteiger partial charge in [0.15, 0.2) is 29.4 Å². The molecule has 0 atom stereocenters. The Hall–Kier alpha value is -7.18. The fraction of sp³-hybridized carbons (Fsp3) is 0.224. The minimum absolute atomic E-state index is 0.141. The summed E-state index contributed by atoms with van der Waals surface area (Å²) >= 11 is 0. The molecular formula is C49H46N6O6. The van der Waals surface area contributed by atoms with Crippen molar-refractivity contribution >= 4 is 5.97 Å². The zero-order chi connectivity index (χ0) is 42.6. The van der Waals surface area contributed by atoms with Crippen molar-refractivity contribution in [2.45, 2.75) is 64.8 Å². The van der Waals surface area contributed by atoms with Crippen LogP contribution in [0.2, 0.25) is 0 Å². The van der Waals surface area contributed by atoms with Gasteiger partial charge in [-0.05, 0) is 65.8 Å². The summed E-state index contributed by atoms with van der Waals surface area (Å²) in [4.78, 5) is 32.3. The van der Waals surface area contributed by atoms with Gasteiger partial charge in [-0.25, -0.2) is 14.6 Å². The molecule has 5 aromatic carbocycles. The van der Waals surface area contributed by atoms with Crippen molar-refractivity contribution in [3.8, 4) is 22.5 Å². The van der Waals surface area contributed by atoms with Gasteiger partial charge in [-0.3, -0.25) is 0 Å². The third-order valence-corrected chi connectivity index (χ3v) is 11.0. The molecule has 3 heterocycles. The van der Waals surface area contributed by atoms with Crippen LogP contribution in [0, 0.1) is 6.92 Å². The van der Waals surface area contributed by atoms with E-state index < -0.39 is 22.9 Å². The van der Waals surface area contributed by atoms with Crippen molar-refractivity contribution in [2.24, 2.45) is 0 Å². The van der Waals surface area contributed by atoms with E-state index in [0.717, 1.165) is 51.2 Å². The van der Waals surface area contributed by atoms with Crippen LogP contribution in [0.25, 0.3) is 22.5 Å². The molecule has 3 aromatic heterocycles. The molecule has 8 aromatic rings. The van der Waals surface area contributed by atoms with Gasteiger partial charge in [-0.1, -0.05) is 146 Å². The van der Waals surface area contributed by atoms with Crippen molar-refractivity contribution in [3.05, 3.63) is 201 Å². The van der Waals surface area contributed by atoms with E-state index in [1.807, 2.05) is 103 Å². The standard InChI is InChI=1S/C49H46N6O6/c1-6-18-42-50-44(48(3,4)58-5)43(46(56)59-32-41-33(2)60-47(57)61-41)54(42)31-34-27-29-35(30-28-34)39-25-16-17-26-40(39)45-51-53-55(52-45)49(36-19-10-7-11-20-36,37-21-12-8-13-22-37)38-23-14-9-15-24-38/h7-17,19-30H,6,18,31-32H2,1-5H3. The topological polar surface area (TPSA) is 140 Å². The third-order valence-electron chi connectivity index (χ3n) is 11.0. The Kier molecular flexibility index (Phi) is 11.4. The van der Waals surface area contributed by atoms with Crippen LogP contribution in [0.3, 0.4) is 0 Å². The first kappa shape index (κ1) is 40.6. The highest BCUT2D eigenvalue weighted by Gasteiger charge is 2.41. The Morgan fingerprint density at radius 1 is 0.754 bits per heavy atom. The van der Waals surface area contributed by atoms with Gasteiger partial charge in [-0.2, -0.15) is 0 Å². The molecule has 0 unspecified atom stereocenters. The molecule has 0 aliphatic heterocycles. The Labute approximate surface area is 353 Å². The van der Waals surface area contributed by atoms with Crippen LogP contribution in [0.5, 0.6) is 0 Å². The highest BCUT2D eigenvalue weighted by Crippen LogP contribution is 2.40. The van der Waals surface area contributed by atoms with E-state index in [1.54, 1.807) is 18.8 Å². The van der Waals surface area contributed by atoms with E-state index in [2.05, 4.69) is 61.5 Å². The molecule has 61 heavy (non-hydrogen) atoms. The maximum atomic E-state index is 14.0. The van der Waals surface area contributed by atoms with Crippen LogP contribution in [-0.2, 0) is 40.2 Å². The predicted molar refractivity (Wildman–Crippen MR) is 230 cm³/mol. The molecule has 0 bridgehead atoms. The molecule has 0 aliphatic rings. The van der Waals surface area contributed by atoms with Gasteiger partial charge in [-0.15, -0.1) is 15.0 Å². The normalized spacial score (nSPS) is 11.8. The van der Waals surface area contributed by atoms with Gasteiger partial charge >= 0.3 is 11.8 Å². The summed E-state index contributed by atoms with van der Waals surface area (Å²) in [6, 6.07) is 47.0. The monoisotopic (exact) mass is 814 g/mol. The first-order valence-electron chi connectivity index (χ1n) is 20.2. The van der Waals surface area contributed by atoms with E-state index in [0.29, 0.717) is 24.5 Å². The molecule has 12 heteroatoms. The van der Waals surface area contributed by atoms with Crippen molar-refractivity contribution < 1.29 is 23.1 Å². The molecular weight excluding hydrogens is 769 g/mol. The molecule has 0 spiro atoms. The highest BCUT2D eigenvalue weighted by molar-refractivity contribution is 5.89. The second kappa shape index (κ2) is 17.2. The summed E-state index contributed by atoms with van der Waals surface area (Å²) < 4.78 is 23.5. The maximum Gasteiger partial charge on any atom is 0.519 e. The number of carbonyl (C=O) groups is 1. The van der Waals surface area contributed by atoms with Crippen LogP contribution in [0.15, 0.2) is 153 Å². The largest absolute Gasteiger partial charge is 0.519 e. The maximum absolute atomic E-state index is 14.0. The molecule has 308 valence electrons. The molecule has 0 saturated heterocycles. The zero-order valence-corrected chi connectivity index (χ0v) is 34.7.